The minimum atomic E-state index is -2.09. The van der Waals surface area contributed by atoms with Crippen LogP contribution in [-0.4, -0.2) is 17.7 Å². The van der Waals surface area contributed by atoms with Crippen molar-refractivity contribution in [1.29, 1.82) is 0 Å². The number of esters is 1. The summed E-state index contributed by atoms with van der Waals surface area (Å²) in [6.07, 6.45) is 0.622. The van der Waals surface area contributed by atoms with E-state index < -0.39 is 13.2 Å². The molecule has 4 aromatic rings. The average molecular weight is 496 g/mol. The van der Waals surface area contributed by atoms with E-state index in [-0.39, 0.29) is 22.7 Å². The highest BCUT2D eigenvalue weighted by atomic mass is 79.9. The maximum atomic E-state index is 12.1. The van der Waals surface area contributed by atoms with E-state index in [1.165, 1.54) is 15.9 Å². The molecular weight excluding hydrogens is 473 g/mol. The molecule has 0 radical (unpaired) electrons. The molecule has 0 bridgehead atoms. The van der Waals surface area contributed by atoms with Gasteiger partial charge in [0.25, 0.3) is 0 Å². The molecule has 3 aromatic carbocycles. The number of aromatic nitrogens is 1. The van der Waals surface area contributed by atoms with Crippen LogP contribution in [0, 0.1) is 0 Å². The lowest BCUT2D eigenvalue weighted by molar-refractivity contribution is -0.0000249. The van der Waals surface area contributed by atoms with Crippen molar-refractivity contribution in [3.05, 3.63) is 109 Å². The molecule has 0 atom stereocenters. The molecule has 0 aliphatic heterocycles. The van der Waals surface area contributed by atoms with E-state index in [4.69, 9.17) is 9.26 Å². The molecule has 4 nitrogen and oxygen atoms in total. The summed E-state index contributed by atoms with van der Waals surface area (Å²) in [7, 11) is -2.09. The van der Waals surface area contributed by atoms with Gasteiger partial charge in [-0.1, -0.05) is 59.8 Å². The summed E-state index contributed by atoms with van der Waals surface area (Å²) in [5.74, 6) is 0.207. The van der Waals surface area contributed by atoms with E-state index in [2.05, 4.69) is 78.0 Å². The first kappa shape index (κ1) is 22.9. The van der Waals surface area contributed by atoms with Crippen molar-refractivity contribution in [3.8, 4) is 0 Å². The fourth-order valence-electron chi connectivity index (χ4n) is 3.69. The second-order valence-electron chi connectivity index (χ2n) is 6.87. The molecule has 0 saturated heterocycles. The van der Waals surface area contributed by atoms with Crippen molar-refractivity contribution in [2.75, 3.05) is 6.61 Å². The molecule has 0 N–H and O–H groups in total. The highest BCUT2D eigenvalue weighted by Crippen LogP contribution is 2.58. The summed E-state index contributed by atoms with van der Waals surface area (Å²) < 4.78 is 10.7. The van der Waals surface area contributed by atoms with Crippen LogP contribution < -0.4 is 32.9 Å². The van der Waals surface area contributed by atoms with E-state index in [0.717, 1.165) is 0 Å². The molecular formula is C25H23BrNO3P. The molecule has 0 saturated carbocycles. The van der Waals surface area contributed by atoms with Crippen molar-refractivity contribution >= 4 is 29.1 Å². The summed E-state index contributed by atoms with van der Waals surface area (Å²) in [6, 6.07) is 33.3. The van der Waals surface area contributed by atoms with Crippen molar-refractivity contribution in [2.45, 2.75) is 13.1 Å². The Balaban J connectivity index is 0.00000272. The van der Waals surface area contributed by atoms with Crippen LogP contribution in [0.25, 0.3) is 0 Å². The van der Waals surface area contributed by atoms with Gasteiger partial charge in [0.1, 0.15) is 29.3 Å². The van der Waals surface area contributed by atoms with E-state index in [9.17, 15) is 4.79 Å². The fraction of sp³-hybridized carbons (Fsp3) is 0.120. The van der Waals surface area contributed by atoms with Crippen molar-refractivity contribution < 1.29 is 31.0 Å². The highest BCUT2D eigenvalue weighted by molar-refractivity contribution is 7.95. The lowest BCUT2D eigenvalue weighted by atomic mass is 10.3. The number of benzene rings is 3. The second kappa shape index (κ2) is 10.5. The fourth-order valence-corrected chi connectivity index (χ4v) is 7.79. The van der Waals surface area contributed by atoms with Gasteiger partial charge in [0.2, 0.25) is 0 Å². The Bertz CT molecular complexity index is 1000. The number of rotatable bonds is 7. The number of nitrogens with zero attached hydrogens (tertiary/aromatic N) is 1. The molecule has 0 fully saturated rings. The quantitative estimate of drug-likeness (QED) is 0.287. The lowest BCUT2D eigenvalue weighted by Gasteiger charge is -2.26. The molecule has 0 aliphatic carbocycles. The third kappa shape index (κ3) is 4.79. The summed E-state index contributed by atoms with van der Waals surface area (Å²) in [6.45, 7) is 2.08. The Morgan fingerprint density at radius 2 is 1.29 bits per heavy atom. The molecule has 1 heterocycles. The number of halogens is 1. The van der Waals surface area contributed by atoms with Crippen molar-refractivity contribution in [3.63, 3.8) is 0 Å². The van der Waals surface area contributed by atoms with Crippen LogP contribution in [0.4, 0.5) is 0 Å². The van der Waals surface area contributed by atoms with Gasteiger partial charge in [-0.25, -0.2) is 4.79 Å². The van der Waals surface area contributed by atoms with E-state index in [0.29, 0.717) is 18.5 Å². The zero-order valence-electron chi connectivity index (χ0n) is 17.1. The summed E-state index contributed by atoms with van der Waals surface area (Å²) in [4.78, 5) is 12.1. The first-order valence-electron chi connectivity index (χ1n) is 9.91. The topological polar surface area (TPSA) is 52.3 Å². The van der Waals surface area contributed by atoms with Gasteiger partial charge in [-0.2, -0.15) is 0 Å². The van der Waals surface area contributed by atoms with Gasteiger partial charge in [-0.3, -0.25) is 0 Å². The van der Waals surface area contributed by atoms with Gasteiger partial charge in [-0.15, -0.1) is 0 Å². The normalized spacial score (nSPS) is 10.9. The molecule has 158 valence electrons. The van der Waals surface area contributed by atoms with E-state index >= 15 is 0 Å². The number of carbonyl (C=O) groups is 1. The zero-order chi connectivity index (χ0) is 20.8. The predicted molar refractivity (Wildman–Crippen MR) is 121 cm³/mol. The van der Waals surface area contributed by atoms with Gasteiger partial charge in [-0.05, 0) is 43.3 Å². The molecule has 4 rings (SSSR count). The van der Waals surface area contributed by atoms with Crippen LogP contribution in [-0.2, 0) is 10.9 Å². The van der Waals surface area contributed by atoms with Crippen LogP contribution in [0.2, 0.25) is 0 Å². The molecule has 6 heteroatoms. The summed E-state index contributed by atoms with van der Waals surface area (Å²) >= 11 is 0. The monoisotopic (exact) mass is 495 g/mol. The third-order valence-electron chi connectivity index (χ3n) is 5.03. The summed E-state index contributed by atoms with van der Waals surface area (Å²) in [5.41, 5.74) is 0.208. The highest BCUT2D eigenvalue weighted by Gasteiger charge is 2.46. The Labute approximate surface area is 193 Å². The minimum Gasteiger partial charge on any atom is -1.00 e. The van der Waals surface area contributed by atoms with Gasteiger partial charge in [0.05, 0.1) is 6.61 Å². The van der Waals surface area contributed by atoms with Crippen LogP contribution >= 0.6 is 7.26 Å². The van der Waals surface area contributed by atoms with E-state index in [1.807, 2.05) is 18.2 Å². The van der Waals surface area contributed by atoms with Crippen molar-refractivity contribution in [2.24, 2.45) is 0 Å². The van der Waals surface area contributed by atoms with Gasteiger partial charge in [0.15, 0.2) is 11.5 Å². The first-order chi connectivity index (χ1) is 14.7. The van der Waals surface area contributed by atoms with Crippen LogP contribution in [0.3, 0.4) is 0 Å². The summed E-state index contributed by atoms with van der Waals surface area (Å²) in [5, 5.41) is 7.71. The molecule has 31 heavy (non-hydrogen) atoms. The van der Waals surface area contributed by atoms with Crippen LogP contribution in [0.15, 0.2) is 102 Å². The Morgan fingerprint density at radius 3 is 1.71 bits per heavy atom. The maximum absolute atomic E-state index is 12.1. The van der Waals surface area contributed by atoms with Crippen molar-refractivity contribution in [1.82, 2.24) is 5.16 Å². The molecule has 0 aliphatic rings. The number of hydrogen-bond acceptors (Lipinski definition) is 4. The van der Waals surface area contributed by atoms with Gasteiger partial charge >= 0.3 is 5.97 Å². The van der Waals surface area contributed by atoms with Gasteiger partial charge < -0.3 is 26.2 Å². The SMILES string of the molecule is CCOC(=O)c1cc(C[P+](c2ccccc2)(c2ccccc2)c2ccccc2)on1.[Br-]. The number of carbonyl (C=O) groups excluding carboxylic acids is 1. The predicted octanol–water partition coefficient (Wildman–Crippen LogP) is 1.35. The standard InChI is InChI=1S/C25H23NO3P.BrH/c1-2-28-25(27)24-18-20(29-26-24)19-30(21-12-6-3-7-13-21,22-14-8-4-9-15-22)23-16-10-5-11-17-23;/h3-18H,2,19H2,1H3;1H/q+1;/p-1. The minimum absolute atomic E-state index is 0. The molecule has 1 aromatic heterocycles. The average Bonchev–Trinajstić information content (AvgIpc) is 3.28. The Morgan fingerprint density at radius 1 is 0.839 bits per heavy atom. The largest absolute Gasteiger partial charge is 1.00 e. The molecule has 0 amide bonds. The molecule has 0 spiro atoms. The third-order valence-corrected chi connectivity index (χ3v) is 9.35. The number of hydrogen-bond donors (Lipinski definition) is 0. The van der Waals surface area contributed by atoms with E-state index in [1.54, 1.807) is 13.0 Å². The molecule has 0 unspecified atom stereocenters. The zero-order valence-corrected chi connectivity index (χ0v) is 19.6. The Kier molecular flexibility index (Phi) is 7.78. The van der Waals surface area contributed by atoms with Gasteiger partial charge in [0, 0.05) is 6.07 Å². The van der Waals surface area contributed by atoms with Crippen LogP contribution in [0.1, 0.15) is 23.2 Å². The lowest BCUT2D eigenvalue weighted by Crippen LogP contribution is -3.00. The second-order valence-corrected chi connectivity index (χ2v) is 10.4. The smallest absolute Gasteiger partial charge is 0.360 e. The van der Waals surface area contributed by atoms with Crippen LogP contribution in [0.5, 0.6) is 0 Å². The first-order valence-corrected chi connectivity index (χ1v) is 11.9. The number of ether oxygens (including phenoxy) is 1. The maximum Gasteiger partial charge on any atom is 0.360 e. The Hall–Kier alpha value is -2.75.